The molecule has 0 unspecified atom stereocenters. The third-order valence-electron chi connectivity index (χ3n) is 4.57. The van der Waals surface area contributed by atoms with Gasteiger partial charge in [0, 0.05) is 17.2 Å². The van der Waals surface area contributed by atoms with E-state index >= 15 is 0 Å². The van der Waals surface area contributed by atoms with Crippen LogP contribution in [-0.4, -0.2) is 15.8 Å². The molecule has 0 atom stereocenters. The largest absolute Gasteiger partial charge is 0.324 e. The van der Waals surface area contributed by atoms with E-state index < -0.39 is 0 Å². The predicted octanol–water partition coefficient (Wildman–Crippen LogP) is 5.43. The van der Waals surface area contributed by atoms with Crippen molar-refractivity contribution in [1.29, 1.82) is 0 Å². The molecule has 2 aromatic carbocycles. The molecular weight excluding hydrogens is 336 g/mol. The Balaban J connectivity index is 1.90. The summed E-state index contributed by atoms with van der Waals surface area (Å²) in [7, 11) is 0. The molecule has 0 saturated carbocycles. The number of anilines is 2. The van der Waals surface area contributed by atoms with Crippen LogP contribution in [0.5, 0.6) is 0 Å². The van der Waals surface area contributed by atoms with E-state index in [0.29, 0.717) is 5.82 Å². The Kier molecular flexibility index (Phi) is 5.04. The van der Waals surface area contributed by atoms with E-state index in [2.05, 4.69) is 31.4 Å². The monoisotopic (exact) mass is 362 g/mol. The van der Waals surface area contributed by atoms with Gasteiger partial charge in [0.2, 0.25) is 0 Å². The highest BCUT2D eigenvalue weighted by atomic mass is 16.2. The van der Waals surface area contributed by atoms with Crippen LogP contribution in [0, 0.1) is 13.8 Å². The first-order valence-corrected chi connectivity index (χ1v) is 9.06. The van der Waals surface area contributed by atoms with E-state index in [4.69, 9.17) is 5.10 Å². The summed E-state index contributed by atoms with van der Waals surface area (Å²) >= 11 is 0. The van der Waals surface area contributed by atoms with Gasteiger partial charge in [0.1, 0.15) is 5.82 Å². The topological polar surface area (TPSA) is 59.0 Å². The minimum Gasteiger partial charge on any atom is -0.307 e. The van der Waals surface area contributed by atoms with Gasteiger partial charge in [-0.3, -0.25) is 5.32 Å². The Labute approximate surface area is 160 Å². The average molecular weight is 362 g/mol. The number of carbonyl (C=O) groups is 1. The fourth-order valence-electron chi connectivity index (χ4n) is 2.76. The zero-order valence-electron chi connectivity index (χ0n) is 16.5. The molecule has 1 aromatic heterocycles. The van der Waals surface area contributed by atoms with Gasteiger partial charge in [0.25, 0.3) is 0 Å². The van der Waals surface area contributed by atoms with Gasteiger partial charge in [-0.1, -0.05) is 51.1 Å². The molecule has 2 amide bonds. The lowest BCUT2D eigenvalue weighted by atomic mass is 9.92. The second-order valence-electron chi connectivity index (χ2n) is 7.74. The van der Waals surface area contributed by atoms with E-state index in [9.17, 15) is 4.79 Å². The minimum atomic E-state index is -0.291. The molecular formula is C22H26N4O. The molecule has 0 fully saturated rings. The van der Waals surface area contributed by atoms with E-state index in [-0.39, 0.29) is 11.4 Å². The number of hydrogen-bond donors (Lipinski definition) is 2. The first kappa shape index (κ1) is 18.7. The number of urea groups is 1. The van der Waals surface area contributed by atoms with Crippen molar-refractivity contribution in [3.63, 3.8) is 0 Å². The summed E-state index contributed by atoms with van der Waals surface area (Å²) < 4.78 is 1.77. The number of amides is 2. The van der Waals surface area contributed by atoms with Gasteiger partial charge >= 0.3 is 6.03 Å². The fourth-order valence-corrected chi connectivity index (χ4v) is 2.76. The van der Waals surface area contributed by atoms with Gasteiger partial charge < -0.3 is 5.32 Å². The lowest BCUT2D eigenvalue weighted by Crippen LogP contribution is -2.21. The van der Waals surface area contributed by atoms with Crippen molar-refractivity contribution in [2.75, 3.05) is 10.6 Å². The molecule has 0 aliphatic rings. The summed E-state index contributed by atoms with van der Waals surface area (Å²) in [5, 5.41) is 10.6. The van der Waals surface area contributed by atoms with Crippen LogP contribution in [0.1, 0.15) is 37.6 Å². The van der Waals surface area contributed by atoms with Crippen molar-refractivity contribution in [3.05, 3.63) is 71.4 Å². The van der Waals surface area contributed by atoms with Crippen molar-refractivity contribution in [1.82, 2.24) is 9.78 Å². The molecule has 0 saturated heterocycles. The Hall–Kier alpha value is -3.08. The summed E-state index contributed by atoms with van der Waals surface area (Å²) in [5.74, 6) is 0.633. The standard InChI is InChI=1S/C22H26N4O/c1-15-10-9-13-18(16(15)2)23-21(27)24-20-14-19(22(3,4)5)25-26(20)17-11-7-6-8-12-17/h6-14H,1-5H3,(H2,23,24,27). The second kappa shape index (κ2) is 7.27. The van der Waals surface area contributed by atoms with E-state index in [0.717, 1.165) is 28.2 Å². The summed E-state index contributed by atoms with van der Waals surface area (Å²) in [5.41, 5.74) is 4.68. The van der Waals surface area contributed by atoms with Gasteiger partial charge in [0.05, 0.1) is 11.4 Å². The molecule has 3 aromatic rings. The number of nitrogens with one attached hydrogen (secondary N) is 2. The molecule has 3 rings (SSSR count). The molecule has 5 heteroatoms. The Morgan fingerprint density at radius 1 is 0.963 bits per heavy atom. The van der Waals surface area contributed by atoms with Gasteiger partial charge in [-0.15, -0.1) is 0 Å². The lowest BCUT2D eigenvalue weighted by molar-refractivity contribution is 0.262. The third-order valence-corrected chi connectivity index (χ3v) is 4.57. The van der Waals surface area contributed by atoms with Gasteiger partial charge in [0.15, 0.2) is 0 Å². The molecule has 5 nitrogen and oxygen atoms in total. The van der Waals surface area contributed by atoms with Crippen molar-refractivity contribution in [2.24, 2.45) is 0 Å². The van der Waals surface area contributed by atoms with Crippen LogP contribution in [0.4, 0.5) is 16.3 Å². The smallest absolute Gasteiger partial charge is 0.307 e. The highest BCUT2D eigenvalue weighted by molar-refractivity contribution is 6.00. The maximum Gasteiger partial charge on any atom is 0.324 e. The number of benzene rings is 2. The van der Waals surface area contributed by atoms with Crippen molar-refractivity contribution in [3.8, 4) is 5.69 Å². The Morgan fingerprint density at radius 3 is 2.33 bits per heavy atom. The SMILES string of the molecule is Cc1cccc(NC(=O)Nc2cc(C(C)(C)C)nn2-c2ccccc2)c1C. The van der Waals surface area contributed by atoms with E-state index in [1.54, 1.807) is 4.68 Å². The highest BCUT2D eigenvalue weighted by Crippen LogP contribution is 2.26. The molecule has 0 aliphatic heterocycles. The van der Waals surface area contributed by atoms with Crippen molar-refractivity contribution in [2.45, 2.75) is 40.0 Å². The maximum atomic E-state index is 12.6. The summed E-state index contributed by atoms with van der Waals surface area (Å²) in [6, 6.07) is 17.3. The van der Waals surface area contributed by atoms with Crippen molar-refractivity contribution < 1.29 is 4.79 Å². The van der Waals surface area contributed by atoms with Gasteiger partial charge in [-0.05, 0) is 43.2 Å². The van der Waals surface area contributed by atoms with Crippen LogP contribution in [0.15, 0.2) is 54.6 Å². The molecule has 0 spiro atoms. The normalized spacial score (nSPS) is 11.3. The van der Waals surface area contributed by atoms with Gasteiger partial charge in [-0.25, -0.2) is 9.48 Å². The van der Waals surface area contributed by atoms with E-state index in [1.165, 1.54) is 0 Å². The highest BCUT2D eigenvalue weighted by Gasteiger charge is 2.21. The van der Waals surface area contributed by atoms with Crippen LogP contribution in [0.25, 0.3) is 5.69 Å². The minimum absolute atomic E-state index is 0.125. The number of para-hydroxylation sites is 1. The lowest BCUT2D eigenvalue weighted by Gasteiger charge is -2.14. The number of hydrogen-bond acceptors (Lipinski definition) is 2. The third kappa shape index (κ3) is 4.19. The number of nitrogens with zero attached hydrogens (tertiary/aromatic N) is 2. The molecule has 27 heavy (non-hydrogen) atoms. The number of carbonyl (C=O) groups excluding carboxylic acids is 1. The average Bonchev–Trinajstić information content (AvgIpc) is 3.04. The number of rotatable bonds is 3. The van der Waals surface area contributed by atoms with Crippen LogP contribution in [0.3, 0.4) is 0 Å². The second-order valence-corrected chi connectivity index (χ2v) is 7.74. The predicted molar refractivity (Wildman–Crippen MR) is 111 cm³/mol. The number of aryl methyl sites for hydroxylation is 1. The Bertz CT molecular complexity index is 952. The maximum absolute atomic E-state index is 12.6. The van der Waals surface area contributed by atoms with Crippen molar-refractivity contribution >= 4 is 17.5 Å². The summed E-state index contributed by atoms with van der Waals surface area (Å²) in [6.07, 6.45) is 0. The molecule has 140 valence electrons. The zero-order valence-corrected chi connectivity index (χ0v) is 16.5. The summed E-state index contributed by atoms with van der Waals surface area (Å²) in [6.45, 7) is 10.3. The zero-order chi connectivity index (χ0) is 19.6. The molecule has 0 aliphatic carbocycles. The first-order chi connectivity index (χ1) is 12.8. The molecule has 0 radical (unpaired) electrons. The Morgan fingerprint density at radius 2 is 1.67 bits per heavy atom. The van der Waals surface area contributed by atoms with Crippen LogP contribution in [-0.2, 0) is 5.41 Å². The molecule has 2 N–H and O–H groups in total. The number of aromatic nitrogens is 2. The first-order valence-electron chi connectivity index (χ1n) is 9.06. The van der Waals surface area contributed by atoms with E-state index in [1.807, 2.05) is 68.4 Å². The van der Waals surface area contributed by atoms with Crippen LogP contribution < -0.4 is 10.6 Å². The molecule has 1 heterocycles. The molecule has 0 bridgehead atoms. The fraction of sp³-hybridized carbons (Fsp3) is 0.273. The van der Waals surface area contributed by atoms with Gasteiger partial charge in [-0.2, -0.15) is 5.10 Å². The summed E-state index contributed by atoms with van der Waals surface area (Å²) in [4.78, 5) is 12.6. The van der Waals surface area contributed by atoms with Crippen LogP contribution in [0.2, 0.25) is 0 Å². The quantitative estimate of drug-likeness (QED) is 0.652. The van der Waals surface area contributed by atoms with Crippen LogP contribution >= 0.6 is 0 Å².